The Morgan fingerprint density at radius 3 is 2.59 bits per heavy atom. The van der Waals surface area contributed by atoms with Gasteiger partial charge in [0.05, 0.1) is 11.1 Å². The molecule has 5 nitrogen and oxygen atoms in total. The maximum atomic E-state index is 10.8. The number of carboxylic acids is 1. The number of benzene rings is 1. The molecule has 0 spiro atoms. The lowest BCUT2D eigenvalue weighted by Gasteiger charge is -2.13. The van der Waals surface area contributed by atoms with Crippen LogP contribution in [0.1, 0.15) is 10.4 Å². The number of fused-ring (bicyclic) bond motifs is 1. The number of rotatable bonds is 2. The van der Waals surface area contributed by atoms with Gasteiger partial charge in [0.25, 0.3) is 0 Å². The Morgan fingerprint density at radius 1 is 1.29 bits per heavy atom. The topological polar surface area (TPSA) is 66.3 Å². The highest BCUT2D eigenvalue weighted by Gasteiger charge is 2.08. The molecule has 1 aromatic carbocycles. The average molecular weight is 254 g/mol. The van der Waals surface area contributed by atoms with E-state index in [1.165, 1.54) is 6.33 Å². The number of carboxylic acid groups (broad SMARTS) is 1. The van der Waals surface area contributed by atoms with Crippen molar-refractivity contribution in [1.82, 2.24) is 9.97 Å². The van der Waals surface area contributed by atoms with Gasteiger partial charge in [0.1, 0.15) is 12.1 Å². The Bertz CT molecular complexity index is 557. The van der Waals surface area contributed by atoms with E-state index in [0.717, 1.165) is 11.2 Å². The number of anilines is 1. The number of halogens is 1. The van der Waals surface area contributed by atoms with Crippen LogP contribution in [0.25, 0.3) is 10.9 Å². The second-order valence-electron chi connectivity index (χ2n) is 3.63. The lowest BCUT2D eigenvalue weighted by molar-refractivity contribution is 0.0697. The zero-order chi connectivity index (χ0) is 11.7. The molecule has 2 aromatic rings. The minimum absolute atomic E-state index is 0. The minimum atomic E-state index is -0.952. The Balaban J connectivity index is 0.00000144. The molecule has 17 heavy (non-hydrogen) atoms. The summed E-state index contributed by atoms with van der Waals surface area (Å²) in [5.41, 5.74) is 0.870. The van der Waals surface area contributed by atoms with E-state index in [1.807, 2.05) is 19.0 Å². The third-order valence-corrected chi connectivity index (χ3v) is 2.29. The Hall–Kier alpha value is -1.88. The molecule has 0 amide bonds. The van der Waals surface area contributed by atoms with Gasteiger partial charge in [-0.2, -0.15) is 0 Å². The summed E-state index contributed by atoms with van der Waals surface area (Å²) in [5.74, 6) is -0.172. The summed E-state index contributed by atoms with van der Waals surface area (Å²) in [6, 6.07) is 4.83. The quantitative estimate of drug-likeness (QED) is 0.884. The van der Waals surface area contributed by atoms with Crippen molar-refractivity contribution < 1.29 is 9.90 Å². The summed E-state index contributed by atoms with van der Waals surface area (Å²) < 4.78 is 0. The number of nitrogens with zero attached hydrogens (tertiary/aromatic N) is 3. The molecule has 6 heteroatoms. The van der Waals surface area contributed by atoms with E-state index in [-0.39, 0.29) is 18.0 Å². The summed E-state index contributed by atoms with van der Waals surface area (Å²) in [5, 5.41) is 9.71. The Morgan fingerprint density at radius 2 is 2.00 bits per heavy atom. The van der Waals surface area contributed by atoms with E-state index < -0.39 is 5.97 Å². The maximum absolute atomic E-state index is 10.8. The molecule has 1 heterocycles. The van der Waals surface area contributed by atoms with Crippen LogP contribution < -0.4 is 4.90 Å². The Kier molecular flexibility index (Phi) is 3.85. The fourth-order valence-electron chi connectivity index (χ4n) is 1.53. The van der Waals surface area contributed by atoms with Gasteiger partial charge >= 0.3 is 5.97 Å². The van der Waals surface area contributed by atoms with E-state index in [0.29, 0.717) is 5.52 Å². The standard InChI is InChI=1S/C11H11N3O2.ClH/c1-14(2)10-8-4-3-7(11(15)16)5-9(8)12-6-13-10;/h3-6H,1-2H3,(H,15,16);1H. The normalized spacial score (nSPS) is 9.76. The smallest absolute Gasteiger partial charge is 0.335 e. The molecule has 0 aliphatic carbocycles. The summed E-state index contributed by atoms with van der Waals surface area (Å²) >= 11 is 0. The van der Waals surface area contributed by atoms with Crippen LogP contribution in [0.4, 0.5) is 5.82 Å². The van der Waals surface area contributed by atoms with E-state index in [4.69, 9.17) is 5.11 Å². The van der Waals surface area contributed by atoms with Crippen molar-refractivity contribution in [3.05, 3.63) is 30.1 Å². The van der Waals surface area contributed by atoms with Gasteiger partial charge in [-0.15, -0.1) is 12.4 Å². The molecule has 0 radical (unpaired) electrons. The number of aromatic carboxylic acids is 1. The fraction of sp³-hybridized carbons (Fsp3) is 0.182. The van der Waals surface area contributed by atoms with E-state index in [1.54, 1.807) is 18.2 Å². The van der Waals surface area contributed by atoms with Crippen molar-refractivity contribution in [1.29, 1.82) is 0 Å². The predicted molar refractivity (Wildman–Crippen MR) is 68.1 cm³/mol. The molecule has 0 atom stereocenters. The first-order valence-electron chi connectivity index (χ1n) is 4.75. The number of aromatic nitrogens is 2. The second-order valence-corrected chi connectivity index (χ2v) is 3.63. The largest absolute Gasteiger partial charge is 0.478 e. The summed E-state index contributed by atoms with van der Waals surface area (Å²) in [6.07, 6.45) is 1.43. The highest BCUT2D eigenvalue weighted by molar-refractivity contribution is 5.96. The SMILES string of the molecule is CN(C)c1ncnc2cc(C(=O)O)ccc12.Cl. The summed E-state index contributed by atoms with van der Waals surface area (Å²) in [7, 11) is 3.76. The molecule has 90 valence electrons. The van der Waals surface area contributed by atoms with Gasteiger partial charge in [0.2, 0.25) is 0 Å². The maximum Gasteiger partial charge on any atom is 0.335 e. The van der Waals surface area contributed by atoms with Gasteiger partial charge in [-0.25, -0.2) is 14.8 Å². The monoisotopic (exact) mass is 253 g/mol. The zero-order valence-corrected chi connectivity index (χ0v) is 10.2. The third-order valence-electron chi connectivity index (χ3n) is 2.29. The molecule has 2 rings (SSSR count). The van der Waals surface area contributed by atoms with Gasteiger partial charge in [0.15, 0.2) is 0 Å². The highest BCUT2D eigenvalue weighted by Crippen LogP contribution is 2.21. The molecule has 0 bridgehead atoms. The van der Waals surface area contributed by atoms with Gasteiger partial charge in [0, 0.05) is 19.5 Å². The summed E-state index contributed by atoms with van der Waals surface area (Å²) in [6.45, 7) is 0. The highest BCUT2D eigenvalue weighted by atomic mass is 35.5. The minimum Gasteiger partial charge on any atom is -0.478 e. The molecular formula is C11H12ClN3O2. The van der Waals surface area contributed by atoms with Crippen LogP contribution in [0.15, 0.2) is 24.5 Å². The van der Waals surface area contributed by atoms with Crippen molar-refractivity contribution in [3.8, 4) is 0 Å². The molecule has 1 aromatic heterocycles. The zero-order valence-electron chi connectivity index (χ0n) is 9.41. The Labute approximate surface area is 105 Å². The number of hydrogen-bond acceptors (Lipinski definition) is 4. The van der Waals surface area contributed by atoms with Crippen LogP contribution in [-0.4, -0.2) is 35.1 Å². The summed E-state index contributed by atoms with van der Waals surface area (Å²) in [4.78, 5) is 20.9. The first-order chi connectivity index (χ1) is 7.59. The van der Waals surface area contributed by atoms with E-state index in [2.05, 4.69) is 9.97 Å². The van der Waals surface area contributed by atoms with Crippen molar-refractivity contribution in [3.63, 3.8) is 0 Å². The first kappa shape index (κ1) is 13.2. The van der Waals surface area contributed by atoms with Crippen LogP contribution in [0.5, 0.6) is 0 Å². The predicted octanol–water partition coefficient (Wildman–Crippen LogP) is 1.82. The number of carbonyl (C=O) groups is 1. The van der Waals surface area contributed by atoms with Crippen molar-refractivity contribution in [2.45, 2.75) is 0 Å². The third kappa shape index (κ3) is 2.45. The van der Waals surface area contributed by atoms with Gasteiger partial charge in [-0.05, 0) is 18.2 Å². The van der Waals surface area contributed by atoms with Gasteiger partial charge < -0.3 is 10.0 Å². The number of hydrogen-bond donors (Lipinski definition) is 1. The van der Waals surface area contributed by atoms with Crippen LogP contribution >= 0.6 is 12.4 Å². The molecule has 0 aliphatic rings. The average Bonchev–Trinajstić information content (AvgIpc) is 2.27. The molecule has 1 N–H and O–H groups in total. The molecule has 0 aliphatic heterocycles. The van der Waals surface area contributed by atoms with Gasteiger partial charge in [-0.1, -0.05) is 0 Å². The first-order valence-corrected chi connectivity index (χ1v) is 4.75. The van der Waals surface area contributed by atoms with Crippen LogP contribution in [0.2, 0.25) is 0 Å². The van der Waals surface area contributed by atoms with Crippen molar-refractivity contribution in [2.24, 2.45) is 0 Å². The van der Waals surface area contributed by atoms with Crippen LogP contribution in [0, 0.1) is 0 Å². The fourth-order valence-corrected chi connectivity index (χ4v) is 1.53. The molecule has 0 saturated carbocycles. The molecule has 0 fully saturated rings. The van der Waals surface area contributed by atoms with Crippen LogP contribution in [-0.2, 0) is 0 Å². The van der Waals surface area contributed by atoms with Crippen molar-refractivity contribution in [2.75, 3.05) is 19.0 Å². The lowest BCUT2D eigenvalue weighted by Crippen LogP contribution is -2.11. The lowest BCUT2D eigenvalue weighted by atomic mass is 10.1. The molecular weight excluding hydrogens is 242 g/mol. The van der Waals surface area contributed by atoms with Gasteiger partial charge in [-0.3, -0.25) is 0 Å². The van der Waals surface area contributed by atoms with Crippen LogP contribution in [0.3, 0.4) is 0 Å². The second kappa shape index (κ2) is 4.97. The molecule has 0 unspecified atom stereocenters. The van der Waals surface area contributed by atoms with E-state index in [9.17, 15) is 4.79 Å². The van der Waals surface area contributed by atoms with Crippen molar-refractivity contribution >= 4 is 35.1 Å². The van der Waals surface area contributed by atoms with E-state index >= 15 is 0 Å². The molecule has 0 saturated heterocycles.